The van der Waals surface area contributed by atoms with Gasteiger partial charge in [0, 0.05) is 24.4 Å². The number of hydrogen-bond acceptors (Lipinski definition) is 4. The highest BCUT2D eigenvalue weighted by molar-refractivity contribution is 5.77. The highest BCUT2D eigenvalue weighted by Crippen LogP contribution is 2.41. The normalized spacial score (nSPS) is 22.9. The number of nitrogens with one attached hydrogen (secondary N) is 1. The van der Waals surface area contributed by atoms with Crippen LogP contribution < -0.4 is 5.32 Å². The van der Waals surface area contributed by atoms with Crippen LogP contribution in [0.25, 0.3) is 0 Å². The molecule has 1 amide bonds. The van der Waals surface area contributed by atoms with Crippen LogP contribution in [-0.4, -0.2) is 44.0 Å². The molecule has 5 nitrogen and oxygen atoms in total. The Hall–Kier alpha value is -1.95. The minimum Gasteiger partial charge on any atom is -0.469 e. The number of carbonyl (C=O) groups excluding carboxylic acids is 2. The predicted molar refractivity (Wildman–Crippen MR) is 98.0 cm³/mol. The summed E-state index contributed by atoms with van der Waals surface area (Å²) in [6.07, 6.45) is 4.49. The number of esters is 1. The van der Waals surface area contributed by atoms with Crippen molar-refractivity contribution in [1.29, 1.82) is 0 Å². The molecule has 26 heavy (non-hydrogen) atoms. The summed E-state index contributed by atoms with van der Waals surface area (Å²) in [5.41, 5.74) is 0.791. The van der Waals surface area contributed by atoms with Crippen LogP contribution in [-0.2, 0) is 19.9 Å². The van der Waals surface area contributed by atoms with Crippen LogP contribution >= 0.6 is 0 Å². The first-order valence-corrected chi connectivity index (χ1v) is 9.17. The molecule has 0 heterocycles. The monoisotopic (exact) mass is 364 g/mol. The minimum absolute atomic E-state index is 0.0259. The third kappa shape index (κ3) is 5.04. The number of amides is 1. The molecular weight excluding hydrogens is 335 g/mol. The van der Waals surface area contributed by atoms with Crippen molar-refractivity contribution in [2.45, 2.75) is 56.5 Å². The van der Waals surface area contributed by atoms with Crippen molar-refractivity contribution in [2.75, 3.05) is 21.2 Å². The lowest BCUT2D eigenvalue weighted by atomic mass is 9.74. The summed E-state index contributed by atoms with van der Waals surface area (Å²) in [6, 6.07) is 6.95. The lowest BCUT2D eigenvalue weighted by Gasteiger charge is -2.45. The molecule has 0 spiro atoms. The van der Waals surface area contributed by atoms with Gasteiger partial charge in [0.15, 0.2) is 0 Å². The summed E-state index contributed by atoms with van der Waals surface area (Å²) in [7, 11) is 5.40. The van der Waals surface area contributed by atoms with E-state index in [-0.39, 0.29) is 35.7 Å². The molecule has 144 valence electrons. The van der Waals surface area contributed by atoms with E-state index in [1.807, 2.05) is 20.2 Å². The Kier molecular flexibility index (Phi) is 7.14. The van der Waals surface area contributed by atoms with Gasteiger partial charge in [0.2, 0.25) is 5.91 Å². The zero-order chi connectivity index (χ0) is 19.2. The van der Waals surface area contributed by atoms with Gasteiger partial charge in [-0.2, -0.15) is 0 Å². The fraction of sp³-hybridized carbons (Fsp3) is 0.600. The van der Waals surface area contributed by atoms with Gasteiger partial charge in [-0.05, 0) is 63.9 Å². The van der Waals surface area contributed by atoms with E-state index in [4.69, 9.17) is 0 Å². The first kappa shape index (κ1) is 20.4. The Morgan fingerprint density at radius 1 is 1.27 bits per heavy atom. The molecule has 0 atom stereocenters. The van der Waals surface area contributed by atoms with Crippen molar-refractivity contribution in [2.24, 2.45) is 0 Å². The van der Waals surface area contributed by atoms with Crippen molar-refractivity contribution < 1.29 is 18.7 Å². The number of ether oxygens (including phenoxy) is 1. The summed E-state index contributed by atoms with van der Waals surface area (Å²) in [5.74, 6) is -0.534. The van der Waals surface area contributed by atoms with Crippen molar-refractivity contribution in [3.05, 3.63) is 35.6 Å². The Balaban J connectivity index is 1.90. The zero-order valence-electron chi connectivity index (χ0n) is 15.9. The quantitative estimate of drug-likeness (QED) is 0.756. The van der Waals surface area contributed by atoms with Gasteiger partial charge in [0.25, 0.3) is 0 Å². The van der Waals surface area contributed by atoms with Crippen molar-refractivity contribution in [1.82, 2.24) is 10.2 Å². The second-order valence-corrected chi connectivity index (χ2v) is 7.21. The number of carbonyl (C=O) groups is 2. The predicted octanol–water partition coefficient (Wildman–Crippen LogP) is 2.98. The van der Waals surface area contributed by atoms with Gasteiger partial charge in [-0.3, -0.25) is 14.5 Å². The van der Waals surface area contributed by atoms with Crippen LogP contribution in [0.4, 0.5) is 4.39 Å². The summed E-state index contributed by atoms with van der Waals surface area (Å²) in [4.78, 5) is 25.3. The third-order valence-electron chi connectivity index (χ3n) is 5.41. The molecule has 0 aliphatic heterocycles. The summed E-state index contributed by atoms with van der Waals surface area (Å²) >= 11 is 0. The molecule has 0 radical (unpaired) electrons. The average molecular weight is 364 g/mol. The SMILES string of the molecule is COC(=O)CCCC(=O)NC1CCC(c2cccc(F)c2)(N(C)C)CC1. The minimum atomic E-state index is -0.290. The number of methoxy groups -OCH3 is 1. The van der Waals surface area contributed by atoms with Gasteiger partial charge in [0.1, 0.15) is 5.82 Å². The number of rotatable bonds is 7. The van der Waals surface area contributed by atoms with Crippen LogP contribution in [0, 0.1) is 5.82 Å². The van der Waals surface area contributed by atoms with Crippen LogP contribution in [0.1, 0.15) is 50.5 Å². The highest BCUT2D eigenvalue weighted by atomic mass is 19.1. The van der Waals surface area contributed by atoms with Gasteiger partial charge < -0.3 is 10.1 Å². The van der Waals surface area contributed by atoms with Gasteiger partial charge in [-0.25, -0.2) is 4.39 Å². The maximum atomic E-state index is 13.7. The topological polar surface area (TPSA) is 58.6 Å². The second-order valence-electron chi connectivity index (χ2n) is 7.21. The molecule has 1 aliphatic carbocycles. The molecule has 6 heteroatoms. The fourth-order valence-corrected chi connectivity index (χ4v) is 3.81. The maximum Gasteiger partial charge on any atom is 0.305 e. The Labute approximate surface area is 154 Å². The van der Waals surface area contributed by atoms with Crippen LogP contribution in [0.15, 0.2) is 24.3 Å². The molecule has 0 aromatic heterocycles. The molecule has 1 aromatic rings. The Bertz CT molecular complexity index is 625. The molecule has 0 unspecified atom stereocenters. The van der Waals surface area contributed by atoms with E-state index in [2.05, 4.69) is 15.0 Å². The molecular formula is C20H29FN2O3. The summed E-state index contributed by atoms with van der Waals surface area (Å²) in [6.45, 7) is 0. The van der Waals surface area contributed by atoms with Gasteiger partial charge in [-0.15, -0.1) is 0 Å². The number of benzene rings is 1. The standard InChI is InChI=1S/C20H29FN2O3/c1-23(2)20(15-6-4-7-16(21)14-15)12-10-17(11-13-20)22-18(24)8-5-9-19(25)26-3/h4,6-7,14,17H,5,8-13H2,1-3H3,(H,22,24). The van der Waals surface area contributed by atoms with E-state index >= 15 is 0 Å². The molecule has 1 saturated carbocycles. The maximum absolute atomic E-state index is 13.7. The van der Waals surface area contributed by atoms with Gasteiger partial charge in [0.05, 0.1) is 7.11 Å². The molecule has 0 saturated heterocycles. The van der Waals surface area contributed by atoms with E-state index in [0.29, 0.717) is 12.8 Å². The molecule has 0 bridgehead atoms. The molecule has 1 N–H and O–H groups in total. The van der Waals surface area contributed by atoms with E-state index in [9.17, 15) is 14.0 Å². The number of nitrogens with zero attached hydrogens (tertiary/aromatic N) is 1. The average Bonchev–Trinajstić information content (AvgIpc) is 2.62. The van der Waals surface area contributed by atoms with Crippen molar-refractivity contribution in [3.63, 3.8) is 0 Å². The Morgan fingerprint density at radius 2 is 1.96 bits per heavy atom. The number of hydrogen-bond donors (Lipinski definition) is 1. The Morgan fingerprint density at radius 3 is 2.54 bits per heavy atom. The van der Waals surface area contributed by atoms with E-state index < -0.39 is 0 Å². The first-order chi connectivity index (χ1) is 12.4. The zero-order valence-corrected chi connectivity index (χ0v) is 15.9. The smallest absolute Gasteiger partial charge is 0.305 e. The van der Waals surface area contributed by atoms with Crippen molar-refractivity contribution >= 4 is 11.9 Å². The van der Waals surface area contributed by atoms with Crippen LogP contribution in [0.5, 0.6) is 0 Å². The van der Waals surface area contributed by atoms with Crippen LogP contribution in [0.3, 0.4) is 0 Å². The molecule has 1 aromatic carbocycles. The fourth-order valence-electron chi connectivity index (χ4n) is 3.81. The first-order valence-electron chi connectivity index (χ1n) is 9.17. The van der Waals surface area contributed by atoms with Gasteiger partial charge in [-0.1, -0.05) is 12.1 Å². The summed E-state index contributed by atoms with van der Waals surface area (Å²) < 4.78 is 18.3. The number of halogens is 1. The largest absolute Gasteiger partial charge is 0.469 e. The summed E-state index contributed by atoms with van der Waals surface area (Å²) in [5, 5.41) is 3.07. The van der Waals surface area contributed by atoms with E-state index in [1.165, 1.54) is 13.2 Å². The molecule has 2 rings (SSSR count). The molecule has 1 fully saturated rings. The third-order valence-corrected chi connectivity index (χ3v) is 5.41. The van der Waals surface area contributed by atoms with Crippen LogP contribution in [0.2, 0.25) is 0 Å². The second kappa shape index (κ2) is 9.12. The van der Waals surface area contributed by atoms with Crippen molar-refractivity contribution in [3.8, 4) is 0 Å². The van der Waals surface area contributed by atoms with E-state index in [1.54, 1.807) is 12.1 Å². The van der Waals surface area contributed by atoms with E-state index in [0.717, 1.165) is 31.2 Å². The highest BCUT2D eigenvalue weighted by Gasteiger charge is 2.39. The lowest BCUT2D eigenvalue weighted by Crippen LogP contribution is -2.48. The molecule has 1 aliphatic rings. The van der Waals surface area contributed by atoms with Gasteiger partial charge >= 0.3 is 5.97 Å². The lowest BCUT2D eigenvalue weighted by molar-refractivity contribution is -0.140.